The van der Waals surface area contributed by atoms with Crippen molar-refractivity contribution in [3.8, 4) is 0 Å². The molecule has 0 radical (unpaired) electrons. The fourth-order valence-corrected chi connectivity index (χ4v) is 3.56. The minimum Gasteiger partial charge on any atom is -0.465 e. The van der Waals surface area contributed by atoms with Crippen LogP contribution in [0, 0.1) is 0 Å². The van der Waals surface area contributed by atoms with E-state index in [1.165, 1.54) is 14.2 Å². The lowest BCUT2D eigenvalue weighted by Crippen LogP contribution is -2.12. The van der Waals surface area contributed by atoms with Gasteiger partial charge in [0.15, 0.2) is 0 Å². The van der Waals surface area contributed by atoms with Crippen molar-refractivity contribution in [2.45, 2.75) is 5.92 Å². The summed E-state index contributed by atoms with van der Waals surface area (Å²) in [4.78, 5) is 23.5. The smallest absolute Gasteiger partial charge is 0.337 e. The first-order valence-electron chi connectivity index (χ1n) is 8.76. The maximum atomic E-state index is 11.7. The molecule has 3 aromatic rings. The molecule has 3 aromatic carbocycles. The van der Waals surface area contributed by atoms with E-state index in [-0.39, 0.29) is 17.9 Å². The molecule has 28 heavy (non-hydrogen) atoms. The molecule has 0 spiro atoms. The molecule has 0 aromatic heterocycles. The van der Waals surface area contributed by atoms with Gasteiger partial charge in [-0.05, 0) is 46.3 Å². The molecule has 5 heteroatoms. The van der Waals surface area contributed by atoms with E-state index in [1.54, 1.807) is 24.3 Å². The first-order chi connectivity index (χ1) is 13.5. The van der Waals surface area contributed by atoms with Gasteiger partial charge < -0.3 is 9.47 Å². The van der Waals surface area contributed by atoms with Gasteiger partial charge in [-0.3, -0.25) is 0 Å². The molecule has 0 aliphatic rings. The monoisotopic (exact) mass is 392 g/mol. The molecule has 142 valence electrons. The number of hydrogen-bond donors (Lipinski definition) is 0. The number of methoxy groups -OCH3 is 2. The summed E-state index contributed by atoms with van der Waals surface area (Å²) in [5.74, 6) is -0.777. The molecule has 0 N–H and O–H groups in total. The highest BCUT2D eigenvalue weighted by molar-refractivity contribution is 7.27. The Morgan fingerprint density at radius 1 is 0.714 bits per heavy atom. The van der Waals surface area contributed by atoms with E-state index in [2.05, 4.69) is 15.3 Å². The predicted octanol–water partition coefficient (Wildman–Crippen LogP) is 3.94. The summed E-state index contributed by atoms with van der Waals surface area (Å²) in [5.41, 5.74) is 4.21. The standard InChI is InChI=1S/C23H21O4P/c1-26-22(24)17-11-7-15(8-12-17)21(19-5-3-4-6-20(19)28)16-9-13-18(14-10-16)23(25)27-2/h3-14,21H,28H2,1-2H3. The maximum Gasteiger partial charge on any atom is 0.337 e. The van der Waals surface area contributed by atoms with Crippen LogP contribution in [0.25, 0.3) is 0 Å². The first-order valence-corrected chi connectivity index (χ1v) is 9.34. The van der Waals surface area contributed by atoms with Crippen LogP contribution in [0.2, 0.25) is 0 Å². The van der Waals surface area contributed by atoms with E-state index in [9.17, 15) is 9.59 Å². The average molecular weight is 392 g/mol. The minimum absolute atomic E-state index is 0.0490. The number of ether oxygens (including phenoxy) is 2. The van der Waals surface area contributed by atoms with Crippen molar-refractivity contribution in [2.24, 2.45) is 0 Å². The van der Waals surface area contributed by atoms with Crippen molar-refractivity contribution in [1.82, 2.24) is 0 Å². The highest BCUT2D eigenvalue weighted by Crippen LogP contribution is 2.32. The van der Waals surface area contributed by atoms with Crippen molar-refractivity contribution in [3.63, 3.8) is 0 Å². The highest BCUT2D eigenvalue weighted by Gasteiger charge is 2.20. The molecule has 0 bridgehead atoms. The van der Waals surface area contributed by atoms with Crippen LogP contribution >= 0.6 is 9.24 Å². The number of benzene rings is 3. The summed E-state index contributed by atoms with van der Waals surface area (Å²) in [7, 11) is 5.51. The van der Waals surface area contributed by atoms with Crippen molar-refractivity contribution in [1.29, 1.82) is 0 Å². The second-order valence-electron chi connectivity index (χ2n) is 6.29. The number of hydrogen-bond acceptors (Lipinski definition) is 4. The predicted molar refractivity (Wildman–Crippen MR) is 112 cm³/mol. The Hall–Kier alpha value is -2.97. The van der Waals surface area contributed by atoms with Gasteiger partial charge in [-0.25, -0.2) is 9.59 Å². The van der Waals surface area contributed by atoms with Crippen LogP contribution in [0.4, 0.5) is 0 Å². The topological polar surface area (TPSA) is 52.6 Å². The van der Waals surface area contributed by atoms with E-state index >= 15 is 0 Å². The van der Waals surface area contributed by atoms with Crippen LogP contribution in [0.1, 0.15) is 43.3 Å². The zero-order chi connectivity index (χ0) is 20.1. The largest absolute Gasteiger partial charge is 0.465 e. The van der Waals surface area contributed by atoms with E-state index in [4.69, 9.17) is 9.47 Å². The third-order valence-corrected chi connectivity index (χ3v) is 5.16. The lowest BCUT2D eigenvalue weighted by Gasteiger charge is -2.21. The van der Waals surface area contributed by atoms with Crippen molar-refractivity contribution < 1.29 is 19.1 Å². The third kappa shape index (κ3) is 4.13. The molecule has 3 rings (SSSR count). The summed E-state index contributed by atoms with van der Waals surface area (Å²) in [6, 6.07) is 22.9. The Morgan fingerprint density at radius 3 is 1.54 bits per heavy atom. The number of carbonyl (C=O) groups is 2. The van der Waals surface area contributed by atoms with Gasteiger partial charge in [0.2, 0.25) is 0 Å². The summed E-state index contributed by atoms with van der Waals surface area (Å²) < 4.78 is 9.57. The zero-order valence-electron chi connectivity index (χ0n) is 15.7. The Morgan fingerprint density at radius 2 is 1.14 bits per heavy atom. The highest BCUT2D eigenvalue weighted by atomic mass is 31.0. The fraction of sp³-hybridized carbons (Fsp3) is 0.130. The van der Waals surface area contributed by atoms with Gasteiger partial charge in [0, 0.05) is 5.92 Å². The van der Waals surface area contributed by atoms with Gasteiger partial charge in [0.1, 0.15) is 0 Å². The normalized spacial score (nSPS) is 10.6. The second-order valence-corrected chi connectivity index (χ2v) is 6.91. The first kappa shape index (κ1) is 19.8. The maximum absolute atomic E-state index is 11.7. The van der Waals surface area contributed by atoms with Crippen LogP contribution < -0.4 is 5.30 Å². The van der Waals surface area contributed by atoms with Crippen LogP contribution in [0.5, 0.6) is 0 Å². The van der Waals surface area contributed by atoms with Crippen LogP contribution in [0.3, 0.4) is 0 Å². The molecular formula is C23H21O4P. The molecule has 0 amide bonds. The molecule has 0 saturated carbocycles. The van der Waals surface area contributed by atoms with E-state index in [1.807, 2.05) is 42.5 Å². The van der Waals surface area contributed by atoms with Crippen molar-refractivity contribution in [3.05, 3.63) is 101 Å². The van der Waals surface area contributed by atoms with Crippen LogP contribution in [-0.4, -0.2) is 26.2 Å². The van der Waals surface area contributed by atoms with E-state index < -0.39 is 0 Å². The zero-order valence-corrected chi connectivity index (χ0v) is 16.9. The van der Waals surface area contributed by atoms with Gasteiger partial charge in [-0.15, -0.1) is 9.24 Å². The number of esters is 2. The van der Waals surface area contributed by atoms with Gasteiger partial charge >= 0.3 is 11.9 Å². The Balaban J connectivity index is 2.07. The van der Waals surface area contributed by atoms with Gasteiger partial charge in [-0.1, -0.05) is 48.5 Å². The van der Waals surface area contributed by atoms with Crippen molar-refractivity contribution in [2.75, 3.05) is 14.2 Å². The van der Waals surface area contributed by atoms with Crippen LogP contribution in [0.15, 0.2) is 72.8 Å². The molecule has 0 fully saturated rings. The summed E-state index contributed by atoms with van der Waals surface area (Å²) in [6.07, 6.45) is 0. The molecule has 0 aliphatic carbocycles. The number of carbonyl (C=O) groups excluding carboxylic acids is 2. The lowest BCUT2D eigenvalue weighted by atomic mass is 9.84. The summed E-state index contributed by atoms with van der Waals surface area (Å²) >= 11 is 0. The molecule has 0 aliphatic heterocycles. The van der Waals surface area contributed by atoms with Crippen molar-refractivity contribution >= 4 is 26.5 Å². The fourth-order valence-electron chi connectivity index (χ4n) is 3.18. The van der Waals surface area contributed by atoms with Gasteiger partial charge in [0.05, 0.1) is 25.3 Å². The van der Waals surface area contributed by atoms with E-state index in [0.29, 0.717) is 11.1 Å². The average Bonchev–Trinajstić information content (AvgIpc) is 2.75. The quantitative estimate of drug-likeness (QED) is 0.375. The minimum atomic E-state index is -0.364. The Kier molecular flexibility index (Phi) is 6.23. The SMILES string of the molecule is COC(=O)c1ccc(C(c2ccc(C(=O)OC)cc2)c2ccccc2P)cc1. The number of rotatable bonds is 5. The molecule has 0 heterocycles. The summed E-state index contributed by atoms with van der Waals surface area (Å²) in [6.45, 7) is 0. The third-order valence-electron chi connectivity index (χ3n) is 4.64. The lowest BCUT2D eigenvalue weighted by molar-refractivity contribution is 0.0592. The Bertz CT molecular complexity index is 919. The van der Waals surface area contributed by atoms with E-state index in [0.717, 1.165) is 22.0 Å². The summed E-state index contributed by atoms with van der Waals surface area (Å²) in [5, 5.41) is 1.08. The van der Waals surface area contributed by atoms with Crippen LogP contribution in [-0.2, 0) is 9.47 Å². The molecule has 0 saturated heterocycles. The Labute approximate surface area is 166 Å². The van der Waals surface area contributed by atoms with Gasteiger partial charge in [0.25, 0.3) is 0 Å². The molecule has 4 nitrogen and oxygen atoms in total. The molecular weight excluding hydrogens is 371 g/mol. The molecule has 1 atom stereocenters. The van der Waals surface area contributed by atoms with Gasteiger partial charge in [-0.2, -0.15) is 0 Å². The second kappa shape index (κ2) is 8.81. The molecule has 1 unspecified atom stereocenters.